The summed E-state index contributed by atoms with van der Waals surface area (Å²) in [6.45, 7) is 3.63. The highest BCUT2D eigenvalue weighted by Gasteiger charge is 2.48. The maximum Gasteiger partial charge on any atom is 0.225 e. The van der Waals surface area contributed by atoms with Crippen LogP contribution in [0.25, 0.3) is 0 Å². The molecule has 6 nitrogen and oxygen atoms in total. The second-order valence-corrected chi connectivity index (χ2v) is 6.12. The Morgan fingerprint density at radius 1 is 1.16 bits per heavy atom. The molecule has 0 aromatic rings. The Labute approximate surface area is 113 Å². The molecule has 3 rings (SSSR count). The summed E-state index contributed by atoms with van der Waals surface area (Å²) < 4.78 is 0. The normalized spacial score (nSPS) is 35.3. The molecule has 0 bridgehead atoms. The van der Waals surface area contributed by atoms with Crippen molar-refractivity contribution < 1.29 is 10.0 Å². The molecule has 1 amide bonds. The number of piperazine rings is 1. The molecule has 0 radical (unpaired) electrons. The van der Waals surface area contributed by atoms with Crippen molar-refractivity contribution in [3.63, 3.8) is 0 Å². The lowest BCUT2D eigenvalue weighted by Gasteiger charge is -2.35. The summed E-state index contributed by atoms with van der Waals surface area (Å²) in [7, 11) is 0. The number of rotatable bonds is 3. The van der Waals surface area contributed by atoms with E-state index < -0.39 is 0 Å². The fourth-order valence-corrected chi connectivity index (χ4v) is 3.56. The largest absolute Gasteiger partial charge is 0.409 e. The van der Waals surface area contributed by atoms with E-state index in [1.165, 1.54) is 6.42 Å². The van der Waals surface area contributed by atoms with E-state index in [2.05, 4.69) is 10.1 Å². The van der Waals surface area contributed by atoms with Crippen molar-refractivity contribution in [2.75, 3.05) is 32.7 Å². The van der Waals surface area contributed by atoms with Gasteiger partial charge in [-0.05, 0) is 31.1 Å². The summed E-state index contributed by atoms with van der Waals surface area (Å²) in [6, 6.07) is 0. The zero-order valence-electron chi connectivity index (χ0n) is 11.2. The van der Waals surface area contributed by atoms with Gasteiger partial charge in [-0.1, -0.05) is 5.16 Å². The Hall–Kier alpha value is -1.30. The number of nitrogens with zero attached hydrogens (tertiary/aromatic N) is 3. The van der Waals surface area contributed by atoms with Gasteiger partial charge in [-0.2, -0.15) is 0 Å². The molecule has 0 spiro atoms. The predicted molar refractivity (Wildman–Crippen MR) is 70.7 cm³/mol. The maximum absolute atomic E-state index is 12.4. The second kappa shape index (κ2) is 5.00. The third kappa shape index (κ3) is 2.68. The lowest BCUT2D eigenvalue weighted by Crippen LogP contribution is -2.51. The van der Waals surface area contributed by atoms with Crippen LogP contribution in [-0.2, 0) is 4.79 Å². The molecule has 1 saturated heterocycles. The van der Waals surface area contributed by atoms with Gasteiger partial charge in [-0.25, -0.2) is 0 Å². The van der Waals surface area contributed by atoms with Gasteiger partial charge in [0.2, 0.25) is 5.91 Å². The lowest BCUT2D eigenvalue weighted by atomic mass is 10.0. The topological polar surface area (TPSA) is 82.2 Å². The Balaban J connectivity index is 1.45. The van der Waals surface area contributed by atoms with Crippen LogP contribution in [0, 0.1) is 17.8 Å². The van der Waals surface area contributed by atoms with Crippen LogP contribution in [0.3, 0.4) is 0 Å². The number of amidine groups is 1. The Morgan fingerprint density at radius 2 is 1.79 bits per heavy atom. The number of carbonyl (C=O) groups excluding carboxylic acids is 1. The SMILES string of the molecule is NC(CN1CCN(C(=O)C2CC3CC3C2)CC1)=NO. The van der Waals surface area contributed by atoms with Crippen LogP contribution in [0.1, 0.15) is 19.3 Å². The number of hydrogen-bond donors (Lipinski definition) is 2. The monoisotopic (exact) mass is 266 g/mol. The highest BCUT2D eigenvalue weighted by Crippen LogP contribution is 2.54. The van der Waals surface area contributed by atoms with Crippen LogP contribution in [0.15, 0.2) is 5.16 Å². The first-order valence-electron chi connectivity index (χ1n) is 7.15. The van der Waals surface area contributed by atoms with Gasteiger partial charge in [0.15, 0.2) is 5.84 Å². The zero-order valence-corrected chi connectivity index (χ0v) is 11.2. The highest BCUT2D eigenvalue weighted by atomic mass is 16.4. The molecule has 2 saturated carbocycles. The summed E-state index contributed by atoms with van der Waals surface area (Å²) in [5.74, 6) is 2.59. The molecule has 19 heavy (non-hydrogen) atoms. The highest BCUT2D eigenvalue weighted by molar-refractivity contribution is 5.82. The molecular weight excluding hydrogens is 244 g/mol. The maximum atomic E-state index is 12.4. The van der Waals surface area contributed by atoms with Gasteiger partial charge < -0.3 is 15.8 Å². The van der Waals surface area contributed by atoms with E-state index in [-0.39, 0.29) is 5.84 Å². The average molecular weight is 266 g/mol. The molecular formula is C13H22N4O2. The quantitative estimate of drug-likeness (QED) is 0.324. The van der Waals surface area contributed by atoms with Crippen LogP contribution in [0.4, 0.5) is 0 Å². The Bertz CT molecular complexity index is 380. The van der Waals surface area contributed by atoms with Crippen molar-refractivity contribution in [1.82, 2.24) is 9.80 Å². The molecule has 2 unspecified atom stereocenters. The van der Waals surface area contributed by atoms with Crippen molar-refractivity contribution in [1.29, 1.82) is 0 Å². The molecule has 3 N–H and O–H groups in total. The number of nitrogens with two attached hydrogens (primary N) is 1. The second-order valence-electron chi connectivity index (χ2n) is 6.12. The molecule has 0 aromatic heterocycles. The first kappa shape index (κ1) is 12.7. The van der Waals surface area contributed by atoms with Gasteiger partial charge in [0, 0.05) is 32.1 Å². The summed E-state index contributed by atoms with van der Waals surface area (Å²) >= 11 is 0. The molecule has 3 fully saturated rings. The van der Waals surface area contributed by atoms with Gasteiger partial charge in [0.05, 0.1) is 6.54 Å². The van der Waals surface area contributed by atoms with Gasteiger partial charge in [0.25, 0.3) is 0 Å². The third-order valence-electron chi connectivity index (χ3n) is 4.79. The molecule has 106 valence electrons. The number of amides is 1. The number of carbonyl (C=O) groups is 1. The molecule has 1 aliphatic heterocycles. The van der Waals surface area contributed by atoms with Crippen LogP contribution in [0.2, 0.25) is 0 Å². The van der Waals surface area contributed by atoms with Crippen molar-refractivity contribution in [2.45, 2.75) is 19.3 Å². The molecule has 6 heteroatoms. The van der Waals surface area contributed by atoms with Crippen LogP contribution < -0.4 is 5.73 Å². The fraction of sp³-hybridized carbons (Fsp3) is 0.846. The Kier molecular flexibility index (Phi) is 3.35. The van der Waals surface area contributed by atoms with Crippen LogP contribution >= 0.6 is 0 Å². The summed E-state index contributed by atoms with van der Waals surface area (Å²) in [5, 5.41) is 11.5. The van der Waals surface area contributed by atoms with E-state index in [1.54, 1.807) is 0 Å². The van der Waals surface area contributed by atoms with Gasteiger partial charge >= 0.3 is 0 Å². The molecule has 2 atom stereocenters. The van der Waals surface area contributed by atoms with Gasteiger partial charge in [-0.3, -0.25) is 9.69 Å². The van der Waals surface area contributed by atoms with Crippen molar-refractivity contribution >= 4 is 11.7 Å². The first-order chi connectivity index (χ1) is 9.17. The summed E-state index contributed by atoms with van der Waals surface area (Å²) in [5.41, 5.74) is 5.50. The standard InChI is InChI=1S/C13H22N4O2/c14-12(15-19)8-16-1-3-17(4-2-16)13(18)11-6-9-5-10(9)7-11/h9-11,19H,1-8H2,(H2,14,15). The fourth-order valence-electron chi connectivity index (χ4n) is 3.56. The predicted octanol–water partition coefficient (Wildman–Crippen LogP) is -0.0769. The van der Waals surface area contributed by atoms with Crippen LogP contribution in [-0.4, -0.2) is 59.5 Å². The number of fused-ring (bicyclic) bond motifs is 1. The third-order valence-corrected chi connectivity index (χ3v) is 4.79. The summed E-state index contributed by atoms with van der Waals surface area (Å²) in [6.07, 6.45) is 3.60. The number of oxime groups is 1. The molecule has 3 aliphatic rings. The van der Waals surface area contributed by atoms with Crippen molar-refractivity contribution in [2.24, 2.45) is 28.6 Å². The van der Waals surface area contributed by atoms with Crippen molar-refractivity contribution in [3.8, 4) is 0 Å². The van der Waals surface area contributed by atoms with E-state index in [0.29, 0.717) is 18.4 Å². The summed E-state index contributed by atoms with van der Waals surface area (Å²) in [4.78, 5) is 16.5. The minimum Gasteiger partial charge on any atom is -0.409 e. The zero-order chi connectivity index (χ0) is 13.4. The van der Waals surface area contributed by atoms with Crippen LogP contribution in [0.5, 0.6) is 0 Å². The van der Waals surface area contributed by atoms with E-state index in [1.807, 2.05) is 4.90 Å². The van der Waals surface area contributed by atoms with E-state index >= 15 is 0 Å². The number of hydrogen-bond acceptors (Lipinski definition) is 4. The smallest absolute Gasteiger partial charge is 0.225 e. The average Bonchev–Trinajstić information content (AvgIpc) is 3.05. The molecule has 2 aliphatic carbocycles. The molecule has 1 heterocycles. The van der Waals surface area contributed by atoms with Crippen molar-refractivity contribution in [3.05, 3.63) is 0 Å². The lowest BCUT2D eigenvalue weighted by molar-refractivity contribution is -0.137. The minimum atomic E-state index is 0.232. The van der Waals surface area contributed by atoms with E-state index in [0.717, 1.165) is 50.9 Å². The van der Waals surface area contributed by atoms with Gasteiger partial charge in [0.1, 0.15) is 0 Å². The minimum absolute atomic E-state index is 0.232. The molecule has 0 aromatic carbocycles. The Morgan fingerprint density at radius 3 is 2.37 bits per heavy atom. The van der Waals surface area contributed by atoms with E-state index in [9.17, 15) is 4.79 Å². The van der Waals surface area contributed by atoms with E-state index in [4.69, 9.17) is 10.9 Å². The first-order valence-corrected chi connectivity index (χ1v) is 7.15. The van der Waals surface area contributed by atoms with Gasteiger partial charge in [-0.15, -0.1) is 0 Å².